The second-order valence-corrected chi connectivity index (χ2v) is 5.11. The molecule has 0 atom stereocenters. The van der Waals surface area contributed by atoms with Crippen LogP contribution in [0.15, 0.2) is 28.7 Å². The highest BCUT2D eigenvalue weighted by Gasteiger charge is 2.46. The number of ether oxygens (including phenoxy) is 1. The van der Waals surface area contributed by atoms with Crippen LogP contribution in [0.1, 0.15) is 29.8 Å². The molecule has 1 aliphatic rings. The summed E-state index contributed by atoms with van der Waals surface area (Å²) in [5.74, 6) is 0.289. The lowest BCUT2D eigenvalue weighted by Crippen LogP contribution is -2.46. The van der Waals surface area contributed by atoms with E-state index in [1.807, 2.05) is 0 Å². The second kappa shape index (κ2) is 4.11. The Morgan fingerprint density at radius 2 is 2.17 bits per heavy atom. The van der Waals surface area contributed by atoms with Gasteiger partial charge in [-0.05, 0) is 43.5 Å². The van der Waals surface area contributed by atoms with E-state index >= 15 is 0 Å². The molecule has 0 unspecified atom stereocenters. The average molecular weight is 265 g/mol. The minimum Gasteiger partial charge on any atom is -0.453 e. The molecule has 1 aliphatic carbocycles. The third-order valence-corrected chi connectivity index (χ3v) is 3.90. The topological polar surface area (TPSA) is 39.4 Å². The molecule has 94 valence electrons. The number of hydrogen-bond donors (Lipinski definition) is 0. The third kappa shape index (κ3) is 1.66. The second-order valence-electron chi connectivity index (χ2n) is 4.67. The highest BCUT2D eigenvalue weighted by molar-refractivity contribution is 6.31. The van der Waals surface area contributed by atoms with Gasteiger partial charge in [0.2, 0.25) is 5.78 Å². The van der Waals surface area contributed by atoms with E-state index in [0.29, 0.717) is 16.4 Å². The first-order valence-corrected chi connectivity index (χ1v) is 6.31. The van der Waals surface area contributed by atoms with Crippen molar-refractivity contribution in [3.05, 3.63) is 35.0 Å². The van der Waals surface area contributed by atoms with Gasteiger partial charge in [0.05, 0.1) is 0 Å². The molecule has 0 amide bonds. The molecule has 18 heavy (non-hydrogen) atoms. The Bertz CT molecular complexity index is 605. The van der Waals surface area contributed by atoms with E-state index in [2.05, 4.69) is 0 Å². The molecule has 0 saturated heterocycles. The molecule has 0 spiro atoms. The average Bonchev–Trinajstić information content (AvgIpc) is 2.70. The third-order valence-electron chi connectivity index (χ3n) is 3.67. The number of methoxy groups -OCH3 is 1. The zero-order valence-electron chi connectivity index (χ0n) is 10.0. The van der Waals surface area contributed by atoms with Crippen molar-refractivity contribution in [2.75, 3.05) is 7.11 Å². The standard InChI is InChI=1S/C14H13ClO3/c1-17-14(5-2-6-14)13(16)12-8-9-7-10(15)3-4-11(9)18-12/h3-4,7-8H,2,5-6H2,1H3. The monoisotopic (exact) mass is 264 g/mol. The Hall–Kier alpha value is -1.32. The molecule has 1 saturated carbocycles. The number of carbonyl (C=O) groups is 1. The number of rotatable bonds is 3. The molecule has 1 heterocycles. The SMILES string of the molecule is COC1(C(=O)c2cc3cc(Cl)ccc3o2)CCC1. The van der Waals surface area contributed by atoms with Crippen LogP contribution in [0.3, 0.4) is 0 Å². The van der Waals surface area contributed by atoms with Gasteiger partial charge in [0.15, 0.2) is 5.76 Å². The van der Waals surface area contributed by atoms with E-state index < -0.39 is 5.60 Å². The fourth-order valence-corrected chi connectivity index (χ4v) is 2.55. The summed E-state index contributed by atoms with van der Waals surface area (Å²) in [6, 6.07) is 7.05. The minimum absolute atomic E-state index is 0.0661. The van der Waals surface area contributed by atoms with Crippen LogP contribution in [0.4, 0.5) is 0 Å². The molecule has 2 aromatic rings. The number of halogens is 1. The zero-order valence-corrected chi connectivity index (χ0v) is 10.8. The highest BCUT2D eigenvalue weighted by Crippen LogP contribution is 2.39. The number of Topliss-reactive ketones (excluding diaryl/α,β-unsaturated/α-hetero) is 1. The van der Waals surface area contributed by atoms with E-state index in [4.69, 9.17) is 20.8 Å². The molecule has 0 bridgehead atoms. The number of furan rings is 1. The lowest BCUT2D eigenvalue weighted by Gasteiger charge is -2.37. The molecule has 0 N–H and O–H groups in total. The normalized spacial score (nSPS) is 17.7. The Balaban J connectivity index is 2.01. The van der Waals surface area contributed by atoms with E-state index in [0.717, 1.165) is 24.6 Å². The van der Waals surface area contributed by atoms with Gasteiger partial charge in [-0.3, -0.25) is 4.79 Å². The summed E-state index contributed by atoms with van der Waals surface area (Å²) in [4.78, 5) is 12.4. The predicted octanol–water partition coefficient (Wildman–Crippen LogP) is 3.84. The molecule has 3 nitrogen and oxygen atoms in total. The fraction of sp³-hybridized carbons (Fsp3) is 0.357. The summed E-state index contributed by atoms with van der Waals surface area (Å²) < 4.78 is 11.0. The maximum atomic E-state index is 12.4. The Labute approximate surface area is 110 Å². The van der Waals surface area contributed by atoms with Crippen molar-refractivity contribution in [3.8, 4) is 0 Å². The number of hydrogen-bond acceptors (Lipinski definition) is 3. The van der Waals surface area contributed by atoms with Crippen molar-refractivity contribution in [1.82, 2.24) is 0 Å². The van der Waals surface area contributed by atoms with Gasteiger partial charge in [-0.2, -0.15) is 0 Å². The van der Waals surface area contributed by atoms with Gasteiger partial charge in [0.1, 0.15) is 11.2 Å². The number of ketones is 1. The molecule has 1 aromatic carbocycles. The maximum Gasteiger partial charge on any atom is 0.229 e. The van der Waals surface area contributed by atoms with Crippen molar-refractivity contribution in [2.24, 2.45) is 0 Å². The van der Waals surface area contributed by atoms with Crippen molar-refractivity contribution < 1.29 is 13.9 Å². The Morgan fingerprint density at radius 3 is 2.78 bits per heavy atom. The van der Waals surface area contributed by atoms with Crippen LogP contribution >= 0.6 is 11.6 Å². The van der Waals surface area contributed by atoms with Crippen molar-refractivity contribution in [2.45, 2.75) is 24.9 Å². The molecule has 1 fully saturated rings. The van der Waals surface area contributed by atoms with Gasteiger partial charge in [-0.25, -0.2) is 0 Å². The summed E-state index contributed by atoms with van der Waals surface area (Å²) in [7, 11) is 1.58. The van der Waals surface area contributed by atoms with Crippen LogP contribution < -0.4 is 0 Å². The van der Waals surface area contributed by atoms with Gasteiger partial charge in [0.25, 0.3) is 0 Å². The van der Waals surface area contributed by atoms with Crippen LogP contribution in [0.25, 0.3) is 11.0 Å². The molecule has 1 aromatic heterocycles. The van der Waals surface area contributed by atoms with Gasteiger partial charge in [-0.1, -0.05) is 11.6 Å². The first kappa shape index (κ1) is 11.8. The minimum atomic E-state index is -0.669. The van der Waals surface area contributed by atoms with Gasteiger partial charge in [-0.15, -0.1) is 0 Å². The molecule has 3 rings (SSSR count). The molecule has 0 radical (unpaired) electrons. The predicted molar refractivity (Wildman–Crippen MR) is 69.1 cm³/mol. The number of benzene rings is 1. The summed E-state index contributed by atoms with van der Waals surface area (Å²) >= 11 is 5.91. The summed E-state index contributed by atoms with van der Waals surface area (Å²) in [6.07, 6.45) is 2.55. The van der Waals surface area contributed by atoms with E-state index in [9.17, 15) is 4.79 Å². The summed E-state index contributed by atoms with van der Waals surface area (Å²) in [5, 5.41) is 1.48. The quantitative estimate of drug-likeness (QED) is 0.791. The maximum absolute atomic E-state index is 12.4. The summed E-state index contributed by atoms with van der Waals surface area (Å²) in [5.41, 5.74) is 0.00540. The van der Waals surface area contributed by atoms with Crippen molar-refractivity contribution in [1.29, 1.82) is 0 Å². The van der Waals surface area contributed by atoms with Gasteiger partial charge in [0, 0.05) is 17.5 Å². The highest BCUT2D eigenvalue weighted by atomic mass is 35.5. The number of fused-ring (bicyclic) bond motifs is 1. The molecule has 4 heteroatoms. The largest absolute Gasteiger partial charge is 0.453 e. The smallest absolute Gasteiger partial charge is 0.229 e. The molecular weight excluding hydrogens is 252 g/mol. The fourth-order valence-electron chi connectivity index (χ4n) is 2.37. The first-order valence-electron chi connectivity index (χ1n) is 5.94. The van der Waals surface area contributed by atoms with E-state index in [-0.39, 0.29) is 5.78 Å². The van der Waals surface area contributed by atoms with Crippen molar-refractivity contribution >= 4 is 28.4 Å². The van der Waals surface area contributed by atoms with E-state index in [1.165, 1.54) is 0 Å². The van der Waals surface area contributed by atoms with Gasteiger partial charge < -0.3 is 9.15 Å². The first-order chi connectivity index (χ1) is 8.64. The van der Waals surface area contributed by atoms with Crippen LogP contribution in [-0.4, -0.2) is 18.5 Å². The zero-order chi connectivity index (χ0) is 12.8. The van der Waals surface area contributed by atoms with Crippen molar-refractivity contribution in [3.63, 3.8) is 0 Å². The Kier molecular flexibility index (Phi) is 2.68. The van der Waals surface area contributed by atoms with Crippen LogP contribution in [0, 0.1) is 0 Å². The molecular formula is C14H13ClO3. The van der Waals surface area contributed by atoms with Gasteiger partial charge >= 0.3 is 0 Å². The van der Waals surface area contributed by atoms with E-state index in [1.54, 1.807) is 31.4 Å². The lowest BCUT2D eigenvalue weighted by molar-refractivity contribution is -0.0462. The van der Waals surface area contributed by atoms with Crippen LogP contribution in [0.2, 0.25) is 5.02 Å². The summed E-state index contributed by atoms with van der Waals surface area (Å²) in [6.45, 7) is 0. The lowest BCUT2D eigenvalue weighted by atomic mass is 9.76. The number of carbonyl (C=O) groups excluding carboxylic acids is 1. The Morgan fingerprint density at radius 1 is 1.39 bits per heavy atom. The van der Waals surface area contributed by atoms with Crippen LogP contribution in [-0.2, 0) is 4.74 Å². The molecule has 0 aliphatic heterocycles. The van der Waals surface area contributed by atoms with Crippen LogP contribution in [0.5, 0.6) is 0 Å².